The normalized spacial score (nSPS) is 28.0. The number of ether oxygens (including phenoxy) is 4. The van der Waals surface area contributed by atoms with Crippen molar-refractivity contribution in [3.63, 3.8) is 0 Å². The van der Waals surface area contributed by atoms with Crippen LogP contribution in [0.25, 0.3) is 0 Å². The molecule has 11 unspecified atom stereocenters. The Labute approximate surface area is 343 Å². The van der Waals surface area contributed by atoms with Crippen molar-refractivity contribution in [1.82, 2.24) is 5.32 Å². The van der Waals surface area contributed by atoms with Gasteiger partial charge in [0.15, 0.2) is 12.6 Å². The molecular formula is C42H73NO15. The van der Waals surface area contributed by atoms with Gasteiger partial charge in [-0.3, -0.25) is 24.0 Å². The molecule has 0 bridgehead atoms. The number of aliphatic hydroxyl groups excluding tert-OH is 6. The molecule has 0 aromatic heterocycles. The van der Waals surface area contributed by atoms with E-state index in [-0.39, 0.29) is 67.1 Å². The van der Waals surface area contributed by atoms with E-state index in [1.807, 2.05) is 0 Å². The third-order valence-corrected chi connectivity index (χ3v) is 11.2. The Balaban J connectivity index is 1.71. The lowest BCUT2D eigenvalue weighted by atomic mass is 9.88. The number of ketones is 4. The van der Waals surface area contributed by atoms with Crippen LogP contribution in [0.4, 0.5) is 0 Å². The van der Waals surface area contributed by atoms with Crippen LogP contribution in [0.3, 0.4) is 0 Å². The topological polar surface area (TPSA) is 256 Å². The van der Waals surface area contributed by atoms with Gasteiger partial charge in [-0.15, -0.1) is 0 Å². The second kappa shape index (κ2) is 28.3. The van der Waals surface area contributed by atoms with Crippen molar-refractivity contribution in [3.8, 4) is 0 Å². The lowest BCUT2D eigenvalue weighted by molar-refractivity contribution is -0.282. The minimum Gasteiger partial charge on any atom is -0.394 e. The Hall–Kier alpha value is -2.25. The lowest BCUT2D eigenvalue weighted by Crippen LogP contribution is -2.55. The van der Waals surface area contributed by atoms with Crippen molar-refractivity contribution in [2.24, 2.45) is 23.7 Å². The van der Waals surface area contributed by atoms with Crippen molar-refractivity contribution in [2.45, 2.75) is 180 Å². The van der Waals surface area contributed by atoms with E-state index in [4.69, 9.17) is 18.9 Å². The first-order chi connectivity index (χ1) is 27.6. The fraction of sp³-hybridized carbons (Fsp3) is 0.881. The van der Waals surface area contributed by atoms with Crippen molar-refractivity contribution < 1.29 is 73.6 Å². The first-order valence-electron chi connectivity index (χ1n) is 21.4. The van der Waals surface area contributed by atoms with Gasteiger partial charge in [0.05, 0.1) is 31.8 Å². The van der Waals surface area contributed by atoms with E-state index >= 15 is 0 Å². The number of hydrogen-bond acceptors (Lipinski definition) is 15. The molecule has 16 nitrogen and oxygen atoms in total. The molecule has 2 aliphatic heterocycles. The van der Waals surface area contributed by atoms with Gasteiger partial charge in [0.1, 0.15) is 47.5 Å². The Morgan fingerprint density at radius 2 is 1.12 bits per heavy atom. The maximum Gasteiger partial charge on any atom is 0.219 e. The quantitative estimate of drug-likeness (QED) is 0.0390. The highest BCUT2D eigenvalue weighted by molar-refractivity contribution is 6.01. The highest BCUT2D eigenvalue weighted by atomic mass is 16.7. The largest absolute Gasteiger partial charge is 0.394 e. The predicted molar refractivity (Wildman–Crippen MR) is 211 cm³/mol. The molecule has 58 heavy (non-hydrogen) atoms. The molecule has 336 valence electrons. The molecule has 2 saturated heterocycles. The number of carbonyl (C=O) groups is 5. The van der Waals surface area contributed by atoms with Crippen LogP contribution in [0, 0.1) is 23.7 Å². The molecule has 2 rings (SSSR count). The zero-order valence-corrected chi connectivity index (χ0v) is 35.1. The summed E-state index contributed by atoms with van der Waals surface area (Å²) in [4.78, 5) is 63.3. The molecule has 0 saturated carbocycles. The molecule has 2 fully saturated rings. The van der Waals surface area contributed by atoms with Gasteiger partial charge >= 0.3 is 0 Å². The third kappa shape index (κ3) is 18.6. The minimum absolute atomic E-state index is 0.0249. The van der Waals surface area contributed by atoms with Gasteiger partial charge in [-0.25, -0.2) is 0 Å². The Morgan fingerprint density at radius 3 is 1.64 bits per heavy atom. The minimum atomic E-state index is -1.20. The van der Waals surface area contributed by atoms with E-state index in [0.717, 1.165) is 6.42 Å². The molecule has 2 heterocycles. The maximum atomic E-state index is 13.3. The summed E-state index contributed by atoms with van der Waals surface area (Å²) in [5.41, 5.74) is 0. The average Bonchev–Trinajstić information content (AvgIpc) is 3.19. The number of rotatable bonds is 31. The van der Waals surface area contributed by atoms with Crippen LogP contribution < -0.4 is 5.32 Å². The monoisotopic (exact) mass is 831 g/mol. The van der Waals surface area contributed by atoms with Gasteiger partial charge < -0.3 is 54.9 Å². The molecular weight excluding hydrogens is 758 g/mol. The van der Waals surface area contributed by atoms with Crippen molar-refractivity contribution in [3.05, 3.63) is 0 Å². The molecule has 0 aliphatic carbocycles. The van der Waals surface area contributed by atoms with Crippen LogP contribution in [0.5, 0.6) is 0 Å². The number of hydrogen-bond donors (Lipinski definition) is 7. The number of carbonyl (C=O) groups excluding carboxylic acids is 5. The summed E-state index contributed by atoms with van der Waals surface area (Å²) >= 11 is 0. The fourth-order valence-corrected chi connectivity index (χ4v) is 7.15. The van der Waals surface area contributed by atoms with Gasteiger partial charge in [-0.1, -0.05) is 47.0 Å². The van der Waals surface area contributed by atoms with Crippen molar-refractivity contribution >= 4 is 29.0 Å². The number of unbranched alkanes of at least 4 members (excludes halogenated alkanes) is 5. The third-order valence-electron chi connectivity index (χ3n) is 11.2. The summed E-state index contributed by atoms with van der Waals surface area (Å²) in [5.74, 6) is -2.33. The summed E-state index contributed by atoms with van der Waals surface area (Å²) in [7, 11) is 0. The Morgan fingerprint density at radius 1 is 0.603 bits per heavy atom. The first-order valence-corrected chi connectivity index (χ1v) is 21.4. The SMILES string of the molecule is CC(C)C(=O)CCCC(=O)CC(=O)C(CCCCNC(=O)CCCCCOC1OC(CO)C(O)C(O)C1C)CC(=O)CCCCCOC1OC(CO)C(O)C(O)C1C. The average molecular weight is 832 g/mol. The molecule has 16 heteroatoms. The summed E-state index contributed by atoms with van der Waals surface area (Å²) in [5, 5.41) is 62.0. The van der Waals surface area contributed by atoms with Crippen LogP contribution in [0.1, 0.15) is 130 Å². The summed E-state index contributed by atoms with van der Waals surface area (Å²) in [6, 6.07) is 0. The zero-order valence-electron chi connectivity index (χ0n) is 35.1. The van der Waals surface area contributed by atoms with Crippen LogP contribution >= 0.6 is 0 Å². The summed E-state index contributed by atoms with van der Waals surface area (Å²) < 4.78 is 22.6. The van der Waals surface area contributed by atoms with E-state index in [1.54, 1.807) is 27.7 Å². The number of Topliss-reactive ketones (excluding diaryl/α,β-unsaturated/α-hetero) is 4. The molecule has 0 aromatic rings. The van der Waals surface area contributed by atoms with Gasteiger partial charge in [0.25, 0.3) is 0 Å². The smallest absolute Gasteiger partial charge is 0.219 e. The summed E-state index contributed by atoms with van der Waals surface area (Å²) in [6.07, 6.45) is -1.37. The maximum absolute atomic E-state index is 13.3. The van der Waals surface area contributed by atoms with Crippen molar-refractivity contribution in [2.75, 3.05) is 33.0 Å². The molecule has 11 atom stereocenters. The molecule has 2 aliphatic rings. The van der Waals surface area contributed by atoms with Crippen molar-refractivity contribution in [1.29, 1.82) is 0 Å². The van der Waals surface area contributed by atoms with E-state index < -0.39 is 80.2 Å². The molecule has 1 amide bonds. The van der Waals surface area contributed by atoms with E-state index in [1.165, 1.54) is 0 Å². The van der Waals surface area contributed by atoms with E-state index in [9.17, 15) is 54.6 Å². The molecule has 0 aromatic carbocycles. The van der Waals surface area contributed by atoms with Gasteiger partial charge in [-0.2, -0.15) is 0 Å². The van der Waals surface area contributed by atoms with Gasteiger partial charge in [0, 0.05) is 75.5 Å². The van der Waals surface area contributed by atoms with Crippen LogP contribution in [-0.4, -0.2) is 142 Å². The summed E-state index contributed by atoms with van der Waals surface area (Å²) in [6.45, 7) is 7.15. The first kappa shape index (κ1) is 51.9. The Bertz CT molecular complexity index is 1230. The van der Waals surface area contributed by atoms with Gasteiger partial charge in [-0.05, 0) is 44.9 Å². The van der Waals surface area contributed by atoms with Crippen LogP contribution in [-0.2, 0) is 42.9 Å². The van der Waals surface area contributed by atoms with Crippen LogP contribution in [0.15, 0.2) is 0 Å². The lowest BCUT2D eigenvalue weighted by Gasteiger charge is -2.40. The molecule has 0 radical (unpaired) electrons. The van der Waals surface area contributed by atoms with Gasteiger partial charge in [0.2, 0.25) is 5.91 Å². The number of nitrogens with one attached hydrogen (secondary N) is 1. The van der Waals surface area contributed by atoms with E-state index in [2.05, 4.69) is 5.32 Å². The standard InChI is InChI=1S/C42H73NO15/c1-26(2)32(48)17-13-16-31(47)23-33(49)29(22-30(46)15-7-5-11-20-55-41-27(3)37(51)39(53)34(24-44)57-41)14-9-10-19-43-36(50)18-8-6-12-21-56-42-28(4)38(52)40(54)35(25-45)58-42/h26-29,34-35,37-42,44-45,51-54H,5-25H2,1-4H3,(H,43,50). The predicted octanol–water partition coefficient (Wildman–Crippen LogP) is 2.08. The second-order valence-electron chi connectivity index (χ2n) is 16.4. The fourth-order valence-electron chi connectivity index (χ4n) is 7.15. The highest BCUT2D eigenvalue weighted by Gasteiger charge is 2.43. The Kier molecular flexibility index (Phi) is 25.3. The second-order valence-corrected chi connectivity index (χ2v) is 16.4. The number of amides is 1. The van der Waals surface area contributed by atoms with Crippen LogP contribution in [0.2, 0.25) is 0 Å². The molecule has 7 N–H and O–H groups in total. The number of aliphatic hydroxyl groups is 6. The van der Waals surface area contributed by atoms with E-state index in [0.29, 0.717) is 84.0 Å². The molecule has 0 spiro atoms. The highest BCUT2D eigenvalue weighted by Crippen LogP contribution is 2.28. The zero-order chi connectivity index (χ0) is 43.2.